The van der Waals surface area contributed by atoms with Crippen LogP contribution in [0.15, 0.2) is 0 Å². The summed E-state index contributed by atoms with van der Waals surface area (Å²) in [7, 11) is 0. The van der Waals surface area contributed by atoms with Gasteiger partial charge in [0.05, 0.1) is 0 Å². The predicted octanol–water partition coefficient (Wildman–Crippen LogP) is 3.76. The summed E-state index contributed by atoms with van der Waals surface area (Å²) in [6, 6.07) is 0. The minimum atomic E-state index is 1.29. The largest absolute Gasteiger partial charge is 0.302 e. The van der Waals surface area contributed by atoms with Crippen LogP contribution < -0.4 is 0 Å². The zero-order chi connectivity index (χ0) is 13.1. The zero-order valence-corrected chi connectivity index (χ0v) is 12.8. The van der Waals surface area contributed by atoms with Gasteiger partial charge in [0, 0.05) is 13.1 Å². The Balaban J connectivity index is 2.20. The van der Waals surface area contributed by atoms with E-state index in [0.29, 0.717) is 0 Å². The van der Waals surface area contributed by atoms with Crippen molar-refractivity contribution in [2.45, 2.75) is 65.2 Å². The molecule has 1 rings (SSSR count). The van der Waals surface area contributed by atoms with Crippen molar-refractivity contribution in [3.63, 3.8) is 0 Å². The standard InChI is InChI=1S/C16H34N2/c1-3-5-12-17(11-4-2)15-16-18-13-9-7-6-8-10-14-18/h3-16H2,1-2H3. The van der Waals surface area contributed by atoms with Crippen molar-refractivity contribution in [1.29, 1.82) is 0 Å². The fourth-order valence-corrected chi connectivity index (χ4v) is 2.85. The Labute approximate surface area is 115 Å². The molecule has 2 heteroatoms. The molecule has 0 aromatic rings. The first-order valence-corrected chi connectivity index (χ1v) is 8.31. The van der Waals surface area contributed by atoms with Gasteiger partial charge in [-0.1, -0.05) is 39.5 Å². The molecule has 1 saturated heterocycles. The molecule has 0 saturated carbocycles. The Morgan fingerprint density at radius 1 is 0.778 bits per heavy atom. The van der Waals surface area contributed by atoms with E-state index in [4.69, 9.17) is 0 Å². The van der Waals surface area contributed by atoms with Crippen LogP contribution >= 0.6 is 0 Å². The van der Waals surface area contributed by atoms with Crippen LogP contribution in [0.3, 0.4) is 0 Å². The highest BCUT2D eigenvalue weighted by atomic mass is 15.2. The minimum absolute atomic E-state index is 1.29. The van der Waals surface area contributed by atoms with Gasteiger partial charge in [-0.3, -0.25) is 0 Å². The van der Waals surface area contributed by atoms with Gasteiger partial charge in [-0.05, 0) is 51.9 Å². The smallest absolute Gasteiger partial charge is 0.0109 e. The van der Waals surface area contributed by atoms with Crippen molar-refractivity contribution in [3.05, 3.63) is 0 Å². The average Bonchev–Trinajstić information content (AvgIpc) is 2.34. The molecule has 1 heterocycles. The highest BCUT2D eigenvalue weighted by molar-refractivity contribution is 4.66. The van der Waals surface area contributed by atoms with Crippen molar-refractivity contribution in [2.24, 2.45) is 0 Å². The molecule has 2 nitrogen and oxygen atoms in total. The number of unbranched alkanes of at least 4 members (excludes halogenated alkanes) is 1. The maximum atomic E-state index is 2.70. The lowest BCUT2D eigenvalue weighted by Crippen LogP contribution is -2.37. The van der Waals surface area contributed by atoms with Crippen LogP contribution in [0.5, 0.6) is 0 Å². The van der Waals surface area contributed by atoms with E-state index >= 15 is 0 Å². The lowest BCUT2D eigenvalue weighted by molar-refractivity contribution is 0.191. The first kappa shape index (κ1) is 16.0. The molecule has 108 valence electrons. The summed E-state index contributed by atoms with van der Waals surface area (Å²) in [4.78, 5) is 5.37. The highest BCUT2D eigenvalue weighted by Crippen LogP contribution is 2.10. The quantitative estimate of drug-likeness (QED) is 0.650. The normalized spacial score (nSPS) is 18.8. The molecule has 0 amide bonds. The van der Waals surface area contributed by atoms with E-state index in [0.717, 1.165) is 0 Å². The number of hydrogen-bond donors (Lipinski definition) is 0. The highest BCUT2D eigenvalue weighted by Gasteiger charge is 2.10. The maximum absolute atomic E-state index is 2.70. The van der Waals surface area contributed by atoms with Crippen molar-refractivity contribution in [2.75, 3.05) is 39.3 Å². The number of rotatable bonds is 8. The van der Waals surface area contributed by atoms with E-state index in [9.17, 15) is 0 Å². The molecule has 0 atom stereocenters. The summed E-state index contributed by atoms with van der Waals surface area (Å²) in [5.74, 6) is 0. The van der Waals surface area contributed by atoms with E-state index in [1.54, 1.807) is 0 Å². The topological polar surface area (TPSA) is 6.48 Å². The predicted molar refractivity (Wildman–Crippen MR) is 81.2 cm³/mol. The van der Waals surface area contributed by atoms with Crippen LogP contribution in [0.4, 0.5) is 0 Å². The zero-order valence-electron chi connectivity index (χ0n) is 12.8. The fraction of sp³-hybridized carbons (Fsp3) is 1.00. The summed E-state index contributed by atoms with van der Waals surface area (Å²) < 4.78 is 0. The minimum Gasteiger partial charge on any atom is -0.302 e. The van der Waals surface area contributed by atoms with E-state index in [-0.39, 0.29) is 0 Å². The second kappa shape index (κ2) is 10.8. The number of nitrogens with zero attached hydrogens (tertiary/aromatic N) is 2. The fourth-order valence-electron chi connectivity index (χ4n) is 2.85. The van der Waals surface area contributed by atoms with Gasteiger partial charge < -0.3 is 9.80 Å². The molecule has 0 bridgehead atoms. The third-order valence-corrected chi connectivity index (χ3v) is 4.05. The number of hydrogen-bond acceptors (Lipinski definition) is 2. The van der Waals surface area contributed by atoms with Gasteiger partial charge in [-0.15, -0.1) is 0 Å². The van der Waals surface area contributed by atoms with Gasteiger partial charge in [-0.2, -0.15) is 0 Å². The molecule has 1 fully saturated rings. The van der Waals surface area contributed by atoms with Gasteiger partial charge in [0.1, 0.15) is 0 Å². The van der Waals surface area contributed by atoms with Gasteiger partial charge in [-0.25, -0.2) is 0 Å². The average molecular weight is 254 g/mol. The Hall–Kier alpha value is -0.0800. The summed E-state index contributed by atoms with van der Waals surface area (Å²) in [5.41, 5.74) is 0. The lowest BCUT2D eigenvalue weighted by atomic mass is 10.1. The molecular formula is C16H34N2. The van der Waals surface area contributed by atoms with Crippen molar-refractivity contribution >= 4 is 0 Å². The van der Waals surface area contributed by atoms with Crippen molar-refractivity contribution in [1.82, 2.24) is 9.80 Å². The molecule has 1 aliphatic rings. The second-order valence-electron chi connectivity index (χ2n) is 5.80. The van der Waals surface area contributed by atoms with E-state index in [1.165, 1.54) is 90.6 Å². The molecule has 18 heavy (non-hydrogen) atoms. The first-order chi connectivity index (χ1) is 8.86. The van der Waals surface area contributed by atoms with Crippen LogP contribution in [0.25, 0.3) is 0 Å². The Bertz CT molecular complexity index is 169. The van der Waals surface area contributed by atoms with Gasteiger partial charge in [0.25, 0.3) is 0 Å². The third-order valence-electron chi connectivity index (χ3n) is 4.05. The monoisotopic (exact) mass is 254 g/mol. The lowest BCUT2D eigenvalue weighted by Gasteiger charge is -2.28. The van der Waals surface area contributed by atoms with Crippen LogP contribution in [-0.2, 0) is 0 Å². The first-order valence-electron chi connectivity index (χ1n) is 8.31. The Kier molecular flexibility index (Phi) is 9.59. The van der Waals surface area contributed by atoms with Crippen LogP contribution in [0.2, 0.25) is 0 Å². The SMILES string of the molecule is CCCCN(CCC)CCN1CCCCCCC1. The number of likely N-dealkylation sites (tertiary alicyclic amines) is 1. The summed E-state index contributed by atoms with van der Waals surface area (Å²) in [5, 5.41) is 0. The Morgan fingerprint density at radius 2 is 1.44 bits per heavy atom. The van der Waals surface area contributed by atoms with Crippen LogP contribution in [0, 0.1) is 0 Å². The van der Waals surface area contributed by atoms with Gasteiger partial charge in [0.2, 0.25) is 0 Å². The van der Waals surface area contributed by atoms with Gasteiger partial charge >= 0.3 is 0 Å². The molecule has 0 aromatic heterocycles. The maximum Gasteiger partial charge on any atom is 0.0109 e. The van der Waals surface area contributed by atoms with E-state index < -0.39 is 0 Å². The van der Waals surface area contributed by atoms with E-state index in [2.05, 4.69) is 23.6 Å². The van der Waals surface area contributed by atoms with Gasteiger partial charge in [0.15, 0.2) is 0 Å². The summed E-state index contributed by atoms with van der Waals surface area (Å²) in [6.45, 7) is 12.4. The summed E-state index contributed by atoms with van der Waals surface area (Å²) in [6.07, 6.45) is 11.2. The molecule has 0 spiro atoms. The van der Waals surface area contributed by atoms with Crippen molar-refractivity contribution < 1.29 is 0 Å². The van der Waals surface area contributed by atoms with Crippen molar-refractivity contribution in [3.8, 4) is 0 Å². The molecule has 0 aliphatic carbocycles. The molecule has 0 N–H and O–H groups in total. The Morgan fingerprint density at radius 3 is 2.06 bits per heavy atom. The molecule has 0 aromatic carbocycles. The third kappa shape index (κ3) is 7.38. The van der Waals surface area contributed by atoms with Crippen LogP contribution in [-0.4, -0.2) is 49.1 Å². The van der Waals surface area contributed by atoms with Crippen LogP contribution in [0.1, 0.15) is 65.2 Å². The molecule has 0 unspecified atom stereocenters. The molecule has 1 aliphatic heterocycles. The van der Waals surface area contributed by atoms with E-state index in [1.807, 2.05) is 0 Å². The molecular weight excluding hydrogens is 220 g/mol. The second-order valence-corrected chi connectivity index (χ2v) is 5.80. The molecule has 0 radical (unpaired) electrons. The summed E-state index contributed by atoms with van der Waals surface area (Å²) >= 11 is 0.